The van der Waals surface area contributed by atoms with Crippen LogP contribution in [-0.2, 0) is 18.3 Å². The third-order valence-electron chi connectivity index (χ3n) is 2.80. The predicted octanol–water partition coefficient (Wildman–Crippen LogP) is -0.763. The molecule has 2 heterocycles. The second-order valence-electron chi connectivity index (χ2n) is 3.99. The minimum absolute atomic E-state index is 0.779. The Kier molecular flexibility index (Phi) is 4.26. The van der Waals surface area contributed by atoms with Crippen LogP contribution in [0.3, 0.4) is 0 Å². The standard InChI is InChI=1S/C10H19N5O/c1-14-9-12-13-10(14)8-11-2-3-15-4-6-16-7-5-15/h9,11H,2-8H2,1H3. The summed E-state index contributed by atoms with van der Waals surface area (Å²) < 4.78 is 7.23. The maximum atomic E-state index is 5.30. The maximum absolute atomic E-state index is 5.30. The van der Waals surface area contributed by atoms with Gasteiger partial charge in [0, 0.05) is 33.2 Å². The minimum atomic E-state index is 0.779. The van der Waals surface area contributed by atoms with E-state index in [1.54, 1.807) is 6.33 Å². The van der Waals surface area contributed by atoms with Gasteiger partial charge in [-0.05, 0) is 0 Å². The molecule has 1 aromatic rings. The van der Waals surface area contributed by atoms with Gasteiger partial charge < -0.3 is 14.6 Å². The van der Waals surface area contributed by atoms with Crippen molar-refractivity contribution in [3.8, 4) is 0 Å². The summed E-state index contributed by atoms with van der Waals surface area (Å²) in [5, 5.41) is 11.2. The first-order chi connectivity index (χ1) is 7.86. The number of aryl methyl sites for hydroxylation is 1. The van der Waals surface area contributed by atoms with Crippen LogP contribution in [0.2, 0.25) is 0 Å². The Bertz CT molecular complexity index is 308. The van der Waals surface area contributed by atoms with E-state index in [0.717, 1.165) is 51.8 Å². The molecule has 0 amide bonds. The number of hydrogen-bond donors (Lipinski definition) is 1. The normalized spacial score (nSPS) is 17.8. The Balaban J connectivity index is 1.59. The zero-order chi connectivity index (χ0) is 11.2. The summed E-state index contributed by atoms with van der Waals surface area (Å²) in [5.41, 5.74) is 0. The zero-order valence-electron chi connectivity index (χ0n) is 9.72. The average Bonchev–Trinajstić information content (AvgIpc) is 2.72. The largest absolute Gasteiger partial charge is 0.379 e. The summed E-state index contributed by atoms with van der Waals surface area (Å²) in [4.78, 5) is 2.41. The van der Waals surface area contributed by atoms with Crippen molar-refractivity contribution >= 4 is 0 Å². The van der Waals surface area contributed by atoms with Gasteiger partial charge >= 0.3 is 0 Å². The van der Waals surface area contributed by atoms with Gasteiger partial charge in [0.1, 0.15) is 12.2 Å². The van der Waals surface area contributed by atoms with Crippen molar-refractivity contribution < 1.29 is 4.74 Å². The molecule has 1 aliphatic heterocycles. The third kappa shape index (κ3) is 3.26. The average molecular weight is 225 g/mol. The summed E-state index contributed by atoms with van der Waals surface area (Å²) in [7, 11) is 1.96. The number of ether oxygens (including phenoxy) is 1. The van der Waals surface area contributed by atoms with Crippen LogP contribution in [0.25, 0.3) is 0 Å². The molecular weight excluding hydrogens is 206 g/mol. The molecule has 16 heavy (non-hydrogen) atoms. The lowest BCUT2D eigenvalue weighted by molar-refractivity contribution is 0.0384. The van der Waals surface area contributed by atoms with Gasteiger partial charge in [0.15, 0.2) is 0 Å². The van der Waals surface area contributed by atoms with Crippen molar-refractivity contribution in [1.82, 2.24) is 25.0 Å². The molecule has 0 bridgehead atoms. The number of rotatable bonds is 5. The van der Waals surface area contributed by atoms with E-state index in [0.29, 0.717) is 0 Å². The highest BCUT2D eigenvalue weighted by atomic mass is 16.5. The van der Waals surface area contributed by atoms with Gasteiger partial charge in [-0.15, -0.1) is 10.2 Å². The second kappa shape index (κ2) is 5.93. The molecule has 6 heteroatoms. The molecule has 0 spiro atoms. The van der Waals surface area contributed by atoms with Crippen molar-refractivity contribution in [2.45, 2.75) is 6.54 Å². The molecule has 1 saturated heterocycles. The fourth-order valence-electron chi connectivity index (χ4n) is 1.73. The summed E-state index contributed by atoms with van der Waals surface area (Å²) in [6, 6.07) is 0. The van der Waals surface area contributed by atoms with Gasteiger partial charge in [0.2, 0.25) is 0 Å². The minimum Gasteiger partial charge on any atom is -0.379 e. The molecule has 6 nitrogen and oxygen atoms in total. The molecule has 1 fully saturated rings. The van der Waals surface area contributed by atoms with Crippen molar-refractivity contribution in [1.29, 1.82) is 0 Å². The van der Waals surface area contributed by atoms with Crippen molar-refractivity contribution in [3.63, 3.8) is 0 Å². The highest BCUT2D eigenvalue weighted by Gasteiger charge is 2.09. The summed E-state index contributed by atoms with van der Waals surface area (Å²) in [6.45, 7) is 6.65. The van der Waals surface area contributed by atoms with Crippen molar-refractivity contribution in [2.75, 3.05) is 39.4 Å². The van der Waals surface area contributed by atoms with E-state index in [2.05, 4.69) is 20.4 Å². The van der Waals surface area contributed by atoms with Crippen LogP contribution >= 0.6 is 0 Å². The van der Waals surface area contributed by atoms with Gasteiger partial charge in [0.25, 0.3) is 0 Å². The van der Waals surface area contributed by atoms with E-state index >= 15 is 0 Å². The van der Waals surface area contributed by atoms with Gasteiger partial charge in [-0.25, -0.2) is 0 Å². The Morgan fingerprint density at radius 3 is 2.94 bits per heavy atom. The quantitative estimate of drug-likeness (QED) is 0.667. The van der Waals surface area contributed by atoms with Crippen LogP contribution in [0.1, 0.15) is 5.82 Å². The van der Waals surface area contributed by atoms with Crippen LogP contribution in [0.5, 0.6) is 0 Å². The maximum Gasteiger partial charge on any atom is 0.146 e. The number of hydrogen-bond acceptors (Lipinski definition) is 5. The first-order valence-electron chi connectivity index (χ1n) is 5.70. The molecular formula is C10H19N5O. The molecule has 1 N–H and O–H groups in total. The molecule has 0 unspecified atom stereocenters. The Labute approximate surface area is 95.6 Å². The molecule has 0 radical (unpaired) electrons. The molecule has 1 aliphatic rings. The number of aromatic nitrogens is 3. The SMILES string of the molecule is Cn1cnnc1CNCCN1CCOCC1. The predicted molar refractivity (Wildman–Crippen MR) is 60.0 cm³/mol. The Morgan fingerprint density at radius 1 is 1.44 bits per heavy atom. The number of nitrogens with one attached hydrogen (secondary N) is 1. The van der Waals surface area contributed by atoms with Crippen LogP contribution in [0.15, 0.2) is 6.33 Å². The highest BCUT2D eigenvalue weighted by Crippen LogP contribution is 1.95. The van der Waals surface area contributed by atoms with E-state index < -0.39 is 0 Å². The molecule has 0 atom stereocenters. The third-order valence-corrected chi connectivity index (χ3v) is 2.80. The van der Waals surface area contributed by atoms with Crippen molar-refractivity contribution in [2.24, 2.45) is 7.05 Å². The van der Waals surface area contributed by atoms with E-state index in [1.807, 2.05) is 11.6 Å². The van der Waals surface area contributed by atoms with Crippen LogP contribution < -0.4 is 5.32 Å². The summed E-state index contributed by atoms with van der Waals surface area (Å²) in [6.07, 6.45) is 1.72. The van der Waals surface area contributed by atoms with Gasteiger partial charge in [-0.3, -0.25) is 4.90 Å². The Hall–Kier alpha value is -0.980. The molecule has 0 aliphatic carbocycles. The molecule has 0 saturated carbocycles. The summed E-state index contributed by atoms with van der Waals surface area (Å²) >= 11 is 0. The van der Waals surface area contributed by atoms with E-state index in [1.165, 1.54) is 0 Å². The molecule has 2 rings (SSSR count). The highest BCUT2D eigenvalue weighted by molar-refractivity contribution is 4.83. The van der Waals surface area contributed by atoms with E-state index in [-0.39, 0.29) is 0 Å². The topological polar surface area (TPSA) is 55.2 Å². The molecule has 1 aromatic heterocycles. The van der Waals surface area contributed by atoms with Gasteiger partial charge in [0.05, 0.1) is 19.8 Å². The van der Waals surface area contributed by atoms with Crippen LogP contribution in [0, 0.1) is 0 Å². The monoisotopic (exact) mass is 225 g/mol. The lowest BCUT2D eigenvalue weighted by Gasteiger charge is -2.26. The lowest BCUT2D eigenvalue weighted by Crippen LogP contribution is -2.40. The molecule has 90 valence electrons. The fourth-order valence-corrected chi connectivity index (χ4v) is 1.73. The second-order valence-corrected chi connectivity index (χ2v) is 3.99. The fraction of sp³-hybridized carbons (Fsp3) is 0.800. The molecule has 0 aromatic carbocycles. The lowest BCUT2D eigenvalue weighted by atomic mass is 10.4. The zero-order valence-corrected chi connectivity index (χ0v) is 9.72. The first kappa shape index (κ1) is 11.5. The van der Waals surface area contributed by atoms with Crippen molar-refractivity contribution in [3.05, 3.63) is 12.2 Å². The smallest absolute Gasteiger partial charge is 0.146 e. The summed E-state index contributed by atoms with van der Waals surface area (Å²) in [5.74, 6) is 0.974. The Morgan fingerprint density at radius 2 is 2.25 bits per heavy atom. The first-order valence-corrected chi connectivity index (χ1v) is 5.70. The van der Waals surface area contributed by atoms with Crippen LogP contribution in [-0.4, -0.2) is 59.1 Å². The number of morpholine rings is 1. The number of nitrogens with zero attached hydrogens (tertiary/aromatic N) is 4. The van der Waals surface area contributed by atoms with E-state index in [9.17, 15) is 0 Å². The van der Waals surface area contributed by atoms with Gasteiger partial charge in [-0.2, -0.15) is 0 Å². The van der Waals surface area contributed by atoms with Crippen LogP contribution in [0.4, 0.5) is 0 Å². The van der Waals surface area contributed by atoms with Gasteiger partial charge in [-0.1, -0.05) is 0 Å². The van der Waals surface area contributed by atoms with E-state index in [4.69, 9.17) is 4.74 Å².